The number of nitrogens with one attached hydrogen (secondary N) is 2. The molecular weight excluding hydrogens is 336 g/mol. The van der Waals surface area contributed by atoms with Gasteiger partial charge in [-0.2, -0.15) is 0 Å². The molecule has 1 aliphatic heterocycles. The van der Waals surface area contributed by atoms with Crippen molar-refractivity contribution in [3.63, 3.8) is 0 Å². The molecule has 0 saturated heterocycles. The quantitative estimate of drug-likeness (QED) is 0.804. The summed E-state index contributed by atoms with van der Waals surface area (Å²) in [5.41, 5.74) is 2.24. The number of esters is 1. The molecule has 7 nitrogen and oxygen atoms in total. The molecule has 0 unspecified atom stereocenters. The summed E-state index contributed by atoms with van der Waals surface area (Å²) < 4.78 is 10.4. The topological polar surface area (TPSA) is 93.7 Å². The third-order valence-electron chi connectivity index (χ3n) is 3.76. The minimum Gasteiger partial charge on any atom is -0.478 e. The van der Waals surface area contributed by atoms with Crippen molar-refractivity contribution in [3.8, 4) is 5.75 Å². The first-order chi connectivity index (χ1) is 12.5. The van der Waals surface area contributed by atoms with Gasteiger partial charge in [-0.1, -0.05) is 29.8 Å². The van der Waals surface area contributed by atoms with Gasteiger partial charge in [-0.25, -0.2) is 0 Å². The fourth-order valence-electron chi connectivity index (χ4n) is 2.42. The van der Waals surface area contributed by atoms with Gasteiger partial charge in [0.1, 0.15) is 5.75 Å². The fourth-order valence-corrected chi connectivity index (χ4v) is 2.42. The van der Waals surface area contributed by atoms with Crippen molar-refractivity contribution < 1.29 is 23.9 Å². The normalized spacial score (nSPS) is 15.3. The van der Waals surface area contributed by atoms with Gasteiger partial charge in [0.2, 0.25) is 0 Å². The van der Waals surface area contributed by atoms with E-state index in [2.05, 4.69) is 10.6 Å². The molecule has 1 aliphatic rings. The summed E-state index contributed by atoms with van der Waals surface area (Å²) in [5.74, 6) is -1.09. The van der Waals surface area contributed by atoms with Crippen LogP contribution in [0.25, 0.3) is 0 Å². The summed E-state index contributed by atoms with van der Waals surface area (Å²) >= 11 is 0. The molecule has 3 rings (SSSR count). The molecular formula is C19H18N2O5. The van der Waals surface area contributed by atoms with Gasteiger partial charge in [-0.05, 0) is 31.2 Å². The Hall–Kier alpha value is -3.35. The molecule has 134 valence electrons. The number of ether oxygens (including phenoxy) is 2. The summed E-state index contributed by atoms with van der Waals surface area (Å²) in [6, 6.07) is 14.2. The van der Waals surface area contributed by atoms with Crippen LogP contribution in [0, 0.1) is 6.92 Å². The Bertz CT molecular complexity index is 832. The Morgan fingerprint density at radius 1 is 1.15 bits per heavy atom. The van der Waals surface area contributed by atoms with Gasteiger partial charge >= 0.3 is 5.97 Å². The zero-order chi connectivity index (χ0) is 18.5. The molecule has 2 amide bonds. The molecule has 0 radical (unpaired) electrons. The second-order valence-corrected chi connectivity index (χ2v) is 5.87. The maximum atomic E-state index is 12.0. The number of amides is 2. The Kier molecular flexibility index (Phi) is 5.17. The van der Waals surface area contributed by atoms with Gasteiger partial charge in [0.25, 0.3) is 11.8 Å². The van der Waals surface area contributed by atoms with Gasteiger partial charge < -0.3 is 20.1 Å². The molecule has 0 aromatic heterocycles. The number of benzene rings is 2. The lowest BCUT2D eigenvalue weighted by atomic mass is 10.1. The van der Waals surface area contributed by atoms with Crippen LogP contribution in [0.5, 0.6) is 5.75 Å². The summed E-state index contributed by atoms with van der Waals surface area (Å²) in [6.45, 7) is 1.51. The van der Waals surface area contributed by atoms with E-state index in [-0.39, 0.29) is 6.42 Å². The first-order valence-corrected chi connectivity index (χ1v) is 8.10. The van der Waals surface area contributed by atoms with Gasteiger partial charge in [-0.15, -0.1) is 0 Å². The number of rotatable bonds is 5. The highest BCUT2D eigenvalue weighted by molar-refractivity contribution is 5.99. The lowest BCUT2D eigenvalue weighted by molar-refractivity contribution is -0.150. The highest BCUT2D eigenvalue weighted by atomic mass is 16.5. The number of fused-ring (bicyclic) bond motifs is 1. The monoisotopic (exact) mass is 354 g/mol. The number of carbonyl (C=O) groups is 3. The van der Waals surface area contributed by atoms with Gasteiger partial charge in [0, 0.05) is 5.69 Å². The maximum Gasteiger partial charge on any atom is 0.310 e. The highest BCUT2D eigenvalue weighted by Gasteiger charge is 2.30. The summed E-state index contributed by atoms with van der Waals surface area (Å²) in [7, 11) is 0. The molecule has 2 N–H and O–H groups in total. The summed E-state index contributed by atoms with van der Waals surface area (Å²) in [4.78, 5) is 35.7. The van der Waals surface area contributed by atoms with Crippen LogP contribution in [0.2, 0.25) is 0 Å². The molecule has 0 bridgehead atoms. The number of carbonyl (C=O) groups excluding carboxylic acids is 3. The van der Waals surface area contributed by atoms with Crippen molar-refractivity contribution in [2.45, 2.75) is 19.4 Å². The standard InChI is InChI=1S/C19H18N2O5/c1-12-6-8-13(9-7-12)20-17(22)11-25-18(23)10-16-19(24)21-14-4-2-3-5-15(14)26-16/h2-9,16H,10-11H2,1H3,(H,20,22)(H,21,24)/t16-/m1/s1. The molecule has 0 spiro atoms. The largest absolute Gasteiger partial charge is 0.478 e. The van der Waals surface area contributed by atoms with E-state index in [0.29, 0.717) is 17.1 Å². The number of hydrogen-bond acceptors (Lipinski definition) is 5. The fraction of sp³-hybridized carbons (Fsp3) is 0.211. The van der Waals surface area contributed by atoms with Crippen LogP contribution < -0.4 is 15.4 Å². The molecule has 1 atom stereocenters. The van der Waals surface area contributed by atoms with Gasteiger partial charge in [-0.3, -0.25) is 14.4 Å². The van der Waals surface area contributed by atoms with E-state index in [1.54, 1.807) is 36.4 Å². The van der Waals surface area contributed by atoms with E-state index >= 15 is 0 Å². The van der Waals surface area contributed by atoms with Crippen molar-refractivity contribution in [2.24, 2.45) is 0 Å². The van der Waals surface area contributed by atoms with Crippen molar-refractivity contribution in [3.05, 3.63) is 54.1 Å². The molecule has 1 heterocycles. The van der Waals surface area contributed by atoms with Crippen molar-refractivity contribution in [1.82, 2.24) is 0 Å². The first-order valence-electron chi connectivity index (χ1n) is 8.10. The van der Waals surface area contributed by atoms with E-state index in [1.807, 2.05) is 19.1 Å². The Balaban J connectivity index is 1.47. The third-order valence-corrected chi connectivity index (χ3v) is 3.76. The van der Waals surface area contributed by atoms with Crippen LogP contribution in [0.3, 0.4) is 0 Å². The molecule has 26 heavy (non-hydrogen) atoms. The number of hydrogen-bond donors (Lipinski definition) is 2. The zero-order valence-electron chi connectivity index (χ0n) is 14.2. The van der Waals surface area contributed by atoms with Crippen LogP contribution in [0.15, 0.2) is 48.5 Å². The van der Waals surface area contributed by atoms with E-state index in [4.69, 9.17) is 9.47 Å². The van der Waals surface area contributed by atoms with E-state index in [1.165, 1.54) is 0 Å². The smallest absolute Gasteiger partial charge is 0.310 e. The minimum absolute atomic E-state index is 0.280. The molecule has 0 fully saturated rings. The predicted octanol–water partition coefficient (Wildman–Crippen LogP) is 2.27. The summed E-state index contributed by atoms with van der Waals surface area (Å²) in [5, 5.41) is 5.29. The molecule has 2 aromatic rings. The lowest BCUT2D eigenvalue weighted by Crippen LogP contribution is -2.39. The number of anilines is 2. The van der Waals surface area contributed by atoms with E-state index in [0.717, 1.165) is 5.56 Å². The lowest BCUT2D eigenvalue weighted by Gasteiger charge is -2.25. The molecule has 7 heteroatoms. The van der Waals surface area contributed by atoms with Crippen LogP contribution in [0.4, 0.5) is 11.4 Å². The number of para-hydroxylation sites is 2. The Labute approximate surface area is 150 Å². The SMILES string of the molecule is Cc1ccc(NC(=O)COC(=O)C[C@H]2Oc3ccccc3NC2=O)cc1. The minimum atomic E-state index is -0.988. The second kappa shape index (κ2) is 7.69. The average molecular weight is 354 g/mol. The molecule has 0 aliphatic carbocycles. The summed E-state index contributed by atoms with van der Waals surface area (Å²) in [6.07, 6.45) is -1.27. The third kappa shape index (κ3) is 4.38. The maximum absolute atomic E-state index is 12.0. The van der Waals surface area contributed by atoms with Gasteiger partial charge in [0.05, 0.1) is 12.1 Å². The Morgan fingerprint density at radius 3 is 2.65 bits per heavy atom. The van der Waals surface area contributed by atoms with Crippen molar-refractivity contribution in [2.75, 3.05) is 17.2 Å². The van der Waals surface area contributed by atoms with E-state index < -0.39 is 30.5 Å². The van der Waals surface area contributed by atoms with Crippen LogP contribution in [-0.4, -0.2) is 30.5 Å². The van der Waals surface area contributed by atoms with Crippen LogP contribution in [-0.2, 0) is 19.1 Å². The van der Waals surface area contributed by atoms with Crippen molar-refractivity contribution in [1.29, 1.82) is 0 Å². The number of aryl methyl sites for hydroxylation is 1. The zero-order valence-corrected chi connectivity index (χ0v) is 14.2. The predicted molar refractivity (Wildman–Crippen MR) is 94.9 cm³/mol. The molecule has 2 aromatic carbocycles. The van der Waals surface area contributed by atoms with Gasteiger partial charge in [0.15, 0.2) is 12.7 Å². The highest BCUT2D eigenvalue weighted by Crippen LogP contribution is 2.29. The second-order valence-electron chi connectivity index (χ2n) is 5.87. The first kappa shape index (κ1) is 17.5. The van der Waals surface area contributed by atoms with E-state index in [9.17, 15) is 14.4 Å². The average Bonchev–Trinajstić information content (AvgIpc) is 2.62. The Morgan fingerprint density at radius 2 is 1.88 bits per heavy atom. The van der Waals surface area contributed by atoms with Crippen LogP contribution >= 0.6 is 0 Å². The molecule has 0 saturated carbocycles. The van der Waals surface area contributed by atoms with Crippen molar-refractivity contribution >= 4 is 29.2 Å². The van der Waals surface area contributed by atoms with Crippen LogP contribution in [0.1, 0.15) is 12.0 Å².